The third-order valence-electron chi connectivity index (χ3n) is 6.10. The van der Waals surface area contributed by atoms with Gasteiger partial charge < -0.3 is 9.64 Å². The number of benzene rings is 2. The topological polar surface area (TPSA) is 82.2 Å². The first-order valence-electron chi connectivity index (χ1n) is 11.7. The molecular weight excluding hydrogens is 592 g/mol. The maximum atomic E-state index is 14.7. The van der Waals surface area contributed by atoms with Gasteiger partial charge >= 0.3 is 5.69 Å². The van der Waals surface area contributed by atoms with Crippen LogP contribution < -0.4 is 16.0 Å². The van der Waals surface area contributed by atoms with Gasteiger partial charge in [-0.05, 0) is 55.6 Å². The number of rotatable bonds is 7. The predicted octanol–water partition coefficient (Wildman–Crippen LogP) is 4.83. The molecule has 0 atom stereocenters. The van der Waals surface area contributed by atoms with Crippen molar-refractivity contribution in [2.75, 3.05) is 21.2 Å². The molecule has 0 unspecified atom stereocenters. The Hall–Kier alpha value is -3.74. The van der Waals surface area contributed by atoms with Gasteiger partial charge in [0.2, 0.25) is 5.88 Å². The molecule has 0 aliphatic heterocycles. The summed E-state index contributed by atoms with van der Waals surface area (Å²) in [5.41, 5.74) is -0.168. The van der Waals surface area contributed by atoms with Crippen molar-refractivity contribution in [3.8, 4) is 22.1 Å². The zero-order valence-electron chi connectivity index (χ0n) is 21.1. The zero-order valence-corrected chi connectivity index (χ0v) is 23.5. The summed E-state index contributed by atoms with van der Waals surface area (Å²) in [6.45, 7) is -0.0550. The number of methoxy groups -OCH3 is 1. The summed E-state index contributed by atoms with van der Waals surface area (Å²) in [5.74, 6) is -1.43. The van der Waals surface area contributed by atoms with Crippen LogP contribution in [0.2, 0.25) is 0 Å². The van der Waals surface area contributed by atoms with E-state index in [1.54, 1.807) is 0 Å². The molecule has 0 radical (unpaired) electrons. The van der Waals surface area contributed by atoms with Crippen molar-refractivity contribution in [1.82, 2.24) is 24.2 Å². The minimum atomic E-state index is -0.797. The summed E-state index contributed by atoms with van der Waals surface area (Å²) in [7, 11) is 5.15. The van der Waals surface area contributed by atoms with Crippen LogP contribution in [0.3, 0.4) is 0 Å². The van der Waals surface area contributed by atoms with Gasteiger partial charge in [-0.2, -0.15) is 0 Å². The lowest BCUT2D eigenvalue weighted by Gasteiger charge is -2.14. The van der Waals surface area contributed by atoms with E-state index in [2.05, 4.69) is 26.1 Å². The molecule has 3 heterocycles. The number of hydrogen-bond acceptors (Lipinski definition) is 7. The fraction of sp³-hybridized carbons (Fsp3) is 0.185. The van der Waals surface area contributed by atoms with Crippen LogP contribution in [0.5, 0.6) is 5.88 Å². The van der Waals surface area contributed by atoms with Crippen molar-refractivity contribution < 1.29 is 13.5 Å². The summed E-state index contributed by atoms with van der Waals surface area (Å²) in [6.07, 6.45) is 0. The van der Waals surface area contributed by atoms with Crippen molar-refractivity contribution in [2.45, 2.75) is 13.1 Å². The molecule has 200 valence electrons. The molecule has 39 heavy (non-hydrogen) atoms. The lowest BCUT2D eigenvalue weighted by molar-refractivity contribution is 0.391. The van der Waals surface area contributed by atoms with Crippen LogP contribution in [0.25, 0.3) is 26.5 Å². The van der Waals surface area contributed by atoms with Crippen LogP contribution in [0.4, 0.5) is 8.78 Å². The van der Waals surface area contributed by atoms with E-state index in [-0.39, 0.29) is 22.6 Å². The van der Waals surface area contributed by atoms with E-state index in [1.807, 2.05) is 43.3 Å². The molecule has 8 nitrogen and oxygen atoms in total. The van der Waals surface area contributed by atoms with Gasteiger partial charge in [0.05, 0.1) is 19.0 Å². The molecule has 0 spiro atoms. The molecule has 0 N–H and O–H groups in total. The van der Waals surface area contributed by atoms with Gasteiger partial charge in [-0.25, -0.2) is 18.1 Å². The molecule has 0 saturated heterocycles. The van der Waals surface area contributed by atoms with Gasteiger partial charge in [0.1, 0.15) is 16.5 Å². The molecular formula is C27H22BrF2N5O3S. The van der Waals surface area contributed by atoms with Crippen molar-refractivity contribution in [2.24, 2.45) is 0 Å². The Labute approximate surface area is 233 Å². The minimum absolute atomic E-state index is 0.0392. The van der Waals surface area contributed by atoms with Crippen LogP contribution in [0.15, 0.2) is 68.7 Å². The summed E-state index contributed by atoms with van der Waals surface area (Å²) < 4.78 is 37.5. The number of ether oxygens (including phenoxy) is 1. The second-order valence-electron chi connectivity index (χ2n) is 8.98. The van der Waals surface area contributed by atoms with Crippen LogP contribution in [0, 0.1) is 11.6 Å². The van der Waals surface area contributed by atoms with Gasteiger partial charge in [0.25, 0.3) is 5.56 Å². The molecule has 0 fully saturated rings. The normalized spacial score (nSPS) is 11.5. The molecule has 12 heteroatoms. The zero-order chi connectivity index (χ0) is 27.8. The molecule has 2 aromatic carbocycles. The lowest BCUT2D eigenvalue weighted by atomic mass is 10.1. The molecule has 0 saturated carbocycles. The first-order valence-corrected chi connectivity index (χ1v) is 13.3. The van der Waals surface area contributed by atoms with Gasteiger partial charge in [-0.3, -0.25) is 9.36 Å². The number of aromatic nitrogens is 4. The standard InChI is InChI=1S/C27H22BrF2N5O3S/c1-33(2)13-18-23-25(36)35(21-11-12-22(38-3)32-31-21)27(37)34(14-17-19(29)5-4-6-20(17)30)26(23)39-24(18)15-7-9-16(28)10-8-15/h4-12H,13-14H2,1-3H3. The van der Waals surface area contributed by atoms with Crippen molar-refractivity contribution in [3.05, 3.63) is 103 Å². The van der Waals surface area contributed by atoms with E-state index in [1.165, 1.54) is 41.2 Å². The van der Waals surface area contributed by atoms with Crippen molar-refractivity contribution in [1.29, 1.82) is 0 Å². The van der Waals surface area contributed by atoms with E-state index in [0.717, 1.165) is 31.6 Å². The van der Waals surface area contributed by atoms with Crippen LogP contribution in [-0.2, 0) is 13.1 Å². The monoisotopic (exact) mass is 613 g/mol. The highest BCUT2D eigenvalue weighted by Crippen LogP contribution is 2.38. The predicted molar refractivity (Wildman–Crippen MR) is 150 cm³/mol. The molecule has 0 bridgehead atoms. The van der Waals surface area contributed by atoms with E-state index < -0.39 is 29.4 Å². The fourth-order valence-corrected chi connectivity index (χ4v) is 5.86. The molecule has 0 amide bonds. The highest BCUT2D eigenvalue weighted by atomic mass is 79.9. The second-order valence-corrected chi connectivity index (χ2v) is 10.9. The highest BCUT2D eigenvalue weighted by Gasteiger charge is 2.25. The Balaban J connectivity index is 1.89. The number of fused-ring (bicyclic) bond motifs is 1. The fourth-order valence-electron chi connectivity index (χ4n) is 4.29. The number of nitrogens with zero attached hydrogens (tertiary/aromatic N) is 5. The van der Waals surface area contributed by atoms with Gasteiger partial charge in [0.15, 0.2) is 5.82 Å². The first-order chi connectivity index (χ1) is 18.7. The van der Waals surface area contributed by atoms with Crippen LogP contribution in [-0.4, -0.2) is 45.4 Å². The third kappa shape index (κ3) is 5.02. The summed E-state index contributed by atoms with van der Waals surface area (Å²) in [5, 5.41) is 8.17. The molecule has 3 aromatic heterocycles. The van der Waals surface area contributed by atoms with Gasteiger partial charge in [-0.1, -0.05) is 34.1 Å². The third-order valence-corrected chi connectivity index (χ3v) is 7.93. The maximum absolute atomic E-state index is 14.7. The van der Waals surface area contributed by atoms with Crippen molar-refractivity contribution >= 4 is 37.5 Å². The quantitative estimate of drug-likeness (QED) is 0.261. The maximum Gasteiger partial charge on any atom is 0.338 e. The largest absolute Gasteiger partial charge is 0.480 e. The van der Waals surface area contributed by atoms with E-state index in [9.17, 15) is 18.4 Å². The molecule has 5 rings (SSSR count). The summed E-state index contributed by atoms with van der Waals surface area (Å²) >= 11 is 4.67. The molecule has 0 aliphatic rings. The van der Waals surface area contributed by atoms with E-state index >= 15 is 0 Å². The summed E-state index contributed by atoms with van der Waals surface area (Å²) in [4.78, 5) is 30.9. The lowest BCUT2D eigenvalue weighted by Crippen LogP contribution is -2.39. The van der Waals surface area contributed by atoms with Crippen LogP contribution in [0.1, 0.15) is 11.1 Å². The molecule has 0 aliphatic carbocycles. The van der Waals surface area contributed by atoms with E-state index in [4.69, 9.17) is 4.74 Å². The Morgan fingerprint density at radius 1 is 0.974 bits per heavy atom. The number of thiophene rings is 1. The van der Waals surface area contributed by atoms with Crippen LogP contribution >= 0.6 is 27.3 Å². The highest BCUT2D eigenvalue weighted by molar-refractivity contribution is 9.10. The minimum Gasteiger partial charge on any atom is -0.480 e. The first kappa shape index (κ1) is 26.9. The van der Waals surface area contributed by atoms with Crippen molar-refractivity contribution in [3.63, 3.8) is 0 Å². The number of halogens is 3. The Morgan fingerprint density at radius 3 is 2.26 bits per heavy atom. The number of hydrogen-bond donors (Lipinski definition) is 0. The Kier molecular flexibility index (Phi) is 7.43. The summed E-state index contributed by atoms with van der Waals surface area (Å²) in [6, 6.07) is 14.0. The van der Waals surface area contributed by atoms with Gasteiger partial charge in [0, 0.05) is 27.5 Å². The average Bonchev–Trinajstić information content (AvgIpc) is 3.27. The second kappa shape index (κ2) is 10.8. The molecule has 5 aromatic rings. The smallest absolute Gasteiger partial charge is 0.338 e. The SMILES string of the molecule is COc1ccc(-n2c(=O)c3c(CN(C)C)c(-c4ccc(Br)cc4)sc3n(Cc3c(F)cccc3F)c2=O)nn1. The van der Waals surface area contributed by atoms with E-state index in [0.29, 0.717) is 16.9 Å². The Morgan fingerprint density at radius 2 is 1.67 bits per heavy atom. The Bertz CT molecular complexity index is 1780. The average molecular weight is 614 g/mol. The van der Waals surface area contributed by atoms with Gasteiger partial charge in [-0.15, -0.1) is 21.5 Å².